The number of anilines is 1. The summed E-state index contributed by atoms with van der Waals surface area (Å²) in [5.41, 5.74) is 1.04. The molecule has 1 heterocycles. The number of hydrogen-bond acceptors (Lipinski definition) is 5. The molecule has 0 bridgehead atoms. The molecule has 1 aromatic rings. The number of hydrogen-bond donors (Lipinski definition) is 2. The summed E-state index contributed by atoms with van der Waals surface area (Å²) in [5, 5.41) is 12.3. The summed E-state index contributed by atoms with van der Waals surface area (Å²) in [4.78, 5) is 19.2. The molecule has 102 valence electrons. The van der Waals surface area contributed by atoms with Gasteiger partial charge in [-0.3, -0.25) is 9.69 Å². The van der Waals surface area contributed by atoms with E-state index in [1.54, 1.807) is 0 Å². The van der Waals surface area contributed by atoms with Crippen molar-refractivity contribution in [1.82, 2.24) is 9.88 Å². The van der Waals surface area contributed by atoms with E-state index in [0.717, 1.165) is 23.5 Å². The summed E-state index contributed by atoms with van der Waals surface area (Å²) < 4.78 is 0. The Hall–Kier alpha value is -0.980. The molecular formula is C12H21N3O2S. The molecule has 0 aliphatic heterocycles. The first-order valence-electron chi connectivity index (χ1n) is 6.20. The van der Waals surface area contributed by atoms with Crippen molar-refractivity contribution in [3.63, 3.8) is 0 Å². The Morgan fingerprint density at radius 3 is 2.72 bits per heavy atom. The second kappa shape index (κ2) is 7.45. The number of aliphatic hydroxyl groups excluding tert-OH is 1. The maximum absolute atomic E-state index is 11.8. The lowest BCUT2D eigenvalue weighted by Crippen LogP contribution is -2.35. The number of aliphatic hydroxyl groups is 1. The summed E-state index contributed by atoms with van der Waals surface area (Å²) in [5.74, 6) is -0.0818. The summed E-state index contributed by atoms with van der Waals surface area (Å²) in [6.07, 6.45) is 0.879. The van der Waals surface area contributed by atoms with Gasteiger partial charge in [0.15, 0.2) is 5.13 Å². The second-order valence-electron chi connectivity index (χ2n) is 4.02. The van der Waals surface area contributed by atoms with Crippen LogP contribution in [0.1, 0.15) is 24.4 Å². The minimum Gasteiger partial charge on any atom is -0.395 e. The van der Waals surface area contributed by atoms with Crippen LogP contribution in [-0.2, 0) is 11.2 Å². The Bertz CT molecular complexity index is 393. The summed E-state index contributed by atoms with van der Waals surface area (Å²) >= 11 is 1.50. The highest BCUT2D eigenvalue weighted by Gasteiger charge is 2.12. The molecule has 6 heteroatoms. The van der Waals surface area contributed by atoms with Crippen molar-refractivity contribution < 1.29 is 9.90 Å². The molecule has 5 nitrogen and oxygen atoms in total. The van der Waals surface area contributed by atoms with Gasteiger partial charge in [-0.05, 0) is 19.9 Å². The first-order chi connectivity index (χ1) is 8.60. The third-order valence-electron chi connectivity index (χ3n) is 2.70. The molecule has 2 N–H and O–H groups in total. The van der Waals surface area contributed by atoms with E-state index in [1.165, 1.54) is 11.3 Å². The first kappa shape index (κ1) is 15.1. The fourth-order valence-corrected chi connectivity index (χ4v) is 2.58. The number of aromatic nitrogens is 1. The number of nitrogens with zero attached hydrogens (tertiary/aromatic N) is 2. The highest BCUT2D eigenvalue weighted by molar-refractivity contribution is 7.15. The van der Waals surface area contributed by atoms with Crippen LogP contribution in [0.2, 0.25) is 0 Å². The number of amides is 1. The first-order valence-corrected chi connectivity index (χ1v) is 7.01. The van der Waals surface area contributed by atoms with Gasteiger partial charge in [0.1, 0.15) is 0 Å². The van der Waals surface area contributed by atoms with Crippen molar-refractivity contribution in [2.75, 3.05) is 31.6 Å². The molecule has 0 saturated heterocycles. The van der Waals surface area contributed by atoms with Gasteiger partial charge in [-0.15, -0.1) is 11.3 Å². The van der Waals surface area contributed by atoms with Crippen molar-refractivity contribution in [1.29, 1.82) is 0 Å². The van der Waals surface area contributed by atoms with Crippen LogP contribution in [0.4, 0.5) is 5.13 Å². The molecule has 0 spiro atoms. The maximum Gasteiger partial charge on any atom is 0.240 e. The van der Waals surface area contributed by atoms with Crippen LogP contribution in [0.25, 0.3) is 0 Å². The van der Waals surface area contributed by atoms with Gasteiger partial charge in [-0.1, -0.05) is 13.8 Å². The van der Waals surface area contributed by atoms with E-state index in [1.807, 2.05) is 25.7 Å². The molecule has 1 aromatic heterocycles. The quantitative estimate of drug-likeness (QED) is 0.784. The normalized spacial score (nSPS) is 10.9. The van der Waals surface area contributed by atoms with Crippen molar-refractivity contribution in [3.05, 3.63) is 10.6 Å². The second-order valence-corrected chi connectivity index (χ2v) is 5.22. The zero-order valence-corrected chi connectivity index (χ0v) is 12.0. The Kier molecular flexibility index (Phi) is 6.24. The van der Waals surface area contributed by atoms with Gasteiger partial charge < -0.3 is 10.4 Å². The van der Waals surface area contributed by atoms with Gasteiger partial charge in [0.2, 0.25) is 5.91 Å². The van der Waals surface area contributed by atoms with Gasteiger partial charge in [0.05, 0.1) is 18.8 Å². The highest BCUT2D eigenvalue weighted by atomic mass is 32.1. The Morgan fingerprint density at radius 2 is 2.22 bits per heavy atom. The zero-order chi connectivity index (χ0) is 13.5. The van der Waals surface area contributed by atoms with Crippen LogP contribution in [-0.4, -0.2) is 47.1 Å². The van der Waals surface area contributed by atoms with Crippen LogP contribution < -0.4 is 5.32 Å². The summed E-state index contributed by atoms with van der Waals surface area (Å²) in [7, 11) is 0. The van der Waals surface area contributed by atoms with Crippen molar-refractivity contribution in [2.45, 2.75) is 27.2 Å². The fourth-order valence-electron chi connectivity index (χ4n) is 1.66. The Balaban J connectivity index is 2.53. The SMILES string of the molecule is CCc1nc(NC(=O)CN(CC)CCO)sc1C. The monoisotopic (exact) mass is 271 g/mol. The van der Waals surface area contributed by atoms with Crippen molar-refractivity contribution in [3.8, 4) is 0 Å². The van der Waals surface area contributed by atoms with Crippen LogP contribution >= 0.6 is 11.3 Å². The molecule has 0 aromatic carbocycles. The zero-order valence-electron chi connectivity index (χ0n) is 11.2. The fraction of sp³-hybridized carbons (Fsp3) is 0.667. The number of nitrogens with one attached hydrogen (secondary N) is 1. The Morgan fingerprint density at radius 1 is 1.50 bits per heavy atom. The number of thiazole rings is 1. The maximum atomic E-state index is 11.8. The lowest BCUT2D eigenvalue weighted by atomic mass is 10.3. The van der Waals surface area contributed by atoms with Crippen molar-refractivity contribution >= 4 is 22.4 Å². The van der Waals surface area contributed by atoms with E-state index in [9.17, 15) is 4.79 Å². The molecular weight excluding hydrogens is 250 g/mol. The number of carbonyl (C=O) groups excluding carboxylic acids is 1. The van der Waals surface area contributed by atoms with Crippen LogP contribution in [0.3, 0.4) is 0 Å². The average Bonchev–Trinajstić information content (AvgIpc) is 2.68. The lowest BCUT2D eigenvalue weighted by molar-refractivity contribution is -0.117. The van der Waals surface area contributed by atoms with E-state index in [2.05, 4.69) is 10.3 Å². The van der Waals surface area contributed by atoms with E-state index in [-0.39, 0.29) is 19.1 Å². The van der Waals surface area contributed by atoms with Crippen molar-refractivity contribution in [2.24, 2.45) is 0 Å². The van der Waals surface area contributed by atoms with Gasteiger partial charge >= 0.3 is 0 Å². The molecule has 1 rings (SSSR count). The smallest absolute Gasteiger partial charge is 0.240 e. The van der Waals surface area contributed by atoms with Crippen LogP contribution in [0, 0.1) is 6.92 Å². The molecule has 0 saturated carbocycles. The van der Waals surface area contributed by atoms with Gasteiger partial charge in [0.25, 0.3) is 0 Å². The van der Waals surface area contributed by atoms with Gasteiger partial charge in [-0.25, -0.2) is 4.98 Å². The number of likely N-dealkylation sites (N-methyl/N-ethyl adjacent to an activating group) is 1. The van der Waals surface area contributed by atoms with E-state index < -0.39 is 0 Å². The van der Waals surface area contributed by atoms with E-state index >= 15 is 0 Å². The molecule has 0 fully saturated rings. The highest BCUT2D eigenvalue weighted by Crippen LogP contribution is 2.22. The van der Waals surface area contributed by atoms with Gasteiger partial charge in [-0.2, -0.15) is 0 Å². The molecule has 0 aliphatic rings. The molecule has 0 atom stereocenters. The summed E-state index contributed by atoms with van der Waals surface area (Å²) in [6.45, 7) is 7.64. The standard InChI is InChI=1S/C12H21N3O2S/c1-4-10-9(3)18-12(13-10)14-11(17)8-15(5-2)6-7-16/h16H,4-8H2,1-3H3,(H,13,14,17). The third kappa shape index (κ3) is 4.36. The lowest BCUT2D eigenvalue weighted by Gasteiger charge is -2.17. The minimum atomic E-state index is -0.0818. The largest absolute Gasteiger partial charge is 0.395 e. The van der Waals surface area contributed by atoms with Crippen LogP contribution in [0.5, 0.6) is 0 Å². The number of aryl methyl sites for hydroxylation is 2. The van der Waals surface area contributed by atoms with Crippen LogP contribution in [0.15, 0.2) is 0 Å². The molecule has 0 radical (unpaired) electrons. The Labute approximate surface area is 112 Å². The molecule has 0 aliphatic carbocycles. The molecule has 18 heavy (non-hydrogen) atoms. The minimum absolute atomic E-state index is 0.0669. The molecule has 0 unspecified atom stereocenters. The predicted molar refractivity (Wildman–Crippen MR) is 74.1 cm³/mol. The van der Waals surface area contributed by atoms with Gasteiger partial charge in [0, 0.05) is 11.4 Å². The third-order valence-corrected chi connectivity index (χ3v) is 3.63. The average molecular weight is 271 g/mol. The number of carbonyl (C=O) groups is 1. The van der Waals surface area contributed by atoms with E-state index in [0.29, 0.717) is 11.7 Å². The number of rotatable bonds is 7. The molecule has 1 amide bonds. The summed E-state index contributed by atoms with van der Waals surface area (Å²) in [6, 6.07) is 0. The van der Waals surface area contributed by atoms with E-state index in [4.69, 9.17) is 5.11 Å². The topological polar surface area (TPSA) is 65.5 Å². The predicted octanol–water partition coefficient (Wildman–Crippen LogP) is 1.27.